The lowest BCUT2D eigenvalue weighted by molar-refractivity contribution is -0.0113. The Kier molecular flexibility index (Phi) is 5.47. The number of halogens is 1. The topological polar surface area (TPSA) is 30.5 Å². The fraction of sp³-hybridized carbons (Fsp3) is 0.571. The molecule has 100 valence electrons. The van der Waals surface area contributed by atoms with E-state index in [0.717, 1.165) is 29.8 Å². The van der Waals surface area contributed by atoms with Gasteiger partial charge in [-0.1, -0.05) is 12.1 Å². The highest BCUT2D eigenvalue weighted by Gasteiger charge is 2.16. The Morgan fingerprint density at radius 3 is 3.06 bits per heavy atom. The van der Waals surface area contributed by atoms with Crippen LogP contribution in [0.15, 0.2) is 22.7 Å². The smallest absolute Gasteiger partial charge is 0.138 e. The van der Waals surface area contributed by atoms with Crippen molar-refractivity contribution in [3.8, 4) is 5.75 Å². The van der Waals surface area contributed by atoms with Crippen molar-refractivity contribution in [1.29, 1.82) is 0 Å². The van der Waals surface area contributed by atoms with Gasteiger partial charge in [0.05, 0.1) is 10.6 Å². The minimum Gasteiger partial charge on any atom is -0.489 e. The summed E-state index contributed by atoms with van der Waals surface area (Å²) in [6, 6.07) is 6.12. The van der Waals surface area contributed by atoms with Gasteiger partial charge >= 0.3 is 0 Å². The van der Waals surface area contributed by atoms with Gasteiger partial charge in [0, 0.05) is 18.7 Å². The number of hydrogen-bond acceptors (Lipinski definition) is 3. The minimum atomic E-state index is 0.244. The number of ether oxygens (including phenoxy) is 2. The normalized spacial score (nSPS) is 19.8. The first-order chi connectivity index (χ1) is 8.81. The van der Waals surface area contributed by atoms with Crippen molar-refractivity contribution in [2.75, 3.05) is 20.3 Å². The van der Waals surface area contributed by atoms with Gasteiger partial charge in [0.2, 0.25) is 0 Å². The van der Waals surface area contributed by atoms with Crippen molar-refractivity contribution in [1.82, 2.24) is 5.32 Å². The molecule has 1 aliphatic rings. The fourth-order valence-electron chi connectivity index (χ4n) is 2.16. The summed E-state index contributed by atoms with van der Waals surface area (Å²) < 4.78 is 12.6. The molecule has 0 saturated carbocycles. The Bertz CT molecular complexity index is 378. The van der Waals surface area contributed by atoms with Gasteiger partial charge in [0.15, 0.2) is 0 Å². The maximum absolute atomic E-state index is 5.95. The van der Waals surface area contributed by atoms with E-state index in [2.05, 4.69) is 27.3 Å². The molecule has 18 heavy (non-hydrogen) atoms. The van der Waals surface area contributed by atoms with Crippen molar-refractivity contribution in [2.24, 2.45) is 0 Å². The third-order valence-electron chi connectivity index (χ3n) is 3.10. The van der Waals surface area contributed by atoms with Crippen LogP contribution < -0.4 is 10.1 Å². The highest BCUT2D eigenvalue weighted by molar-refractivity contribution is 9.10. The van der Waals surface area contributed by atoms with E-state index in [1.54, 1.807) is 0 Å². The monoisotopic (exact) mass is 313 g/mol. The standard InChI is InChI=1S/C14H20BrNO2/c1-16-9-11-5-4-7-13(15)14(11)18-10-12-6-2-3-8-17-12/h4-5,7,12,16H,2-3,6,8-10H2,1H3. The lowest BCUT2D eigenvalue weighted by atomic mass is 10.1. The second-order valence-electron chi connectivity index (χ2n) is 4.56. The van der Waals surface area contributed by atoms with Gasteiger partial charge in [0.25, 0.3) is 0 Å². The van der Waals surface area contributed by atoms with Crippen molar-refractivity contribution in [2.45, 2.75) is 31.9 Å². The Labute approximate surface area is 117 Å². The third kappa shape index (κ3) is 3.70. The first-order valence-corrected chi connectivity index (χ1v) is 7.27. The molecule has 1 saturated heterocycles. The van der Waals surface area contributed by atoms with Gasteiger partial charge in [-0.3, -0.25) is 0 Å². The number of para-hydroxylation sites is 1. The van der Waals surface area contributed by atoms with Crippen LogP contribution in [0, 0.1) is 0 Å². The van der Waals surface area contributed by atoms with E-state index >= 15 is 0 Å². The summed E-state index contributed by atoms with van der Waals surface area (Å²) in [6.45, 7) is 2.31. The minimum absolute atomic E-state index is 0.244. The molecule has 1 aromatic rings. The third-order valence-corrected chi connectivity index (χ3v) is 3.73. The Morgan fingerprint density at radius 1 is 1.44 bits per heavy atom. The summed E-state index contributed by atoms with van der Waals surface area (Å²) in [5, 5.41) is 3.16. The molecular formula is C14H20BrNO2. The maximum atomic E-state index is 5.95. The predicted octanol–water partition coefficient (Wildman–Crippen LogP) is 3.12. The summed E-state index contributed by atoms with van der Waals surface area (Å²) >= 11 is 3.55. The average Bonchev–Trinajstić information content (AvgIpc) is 2.40. The second kappa shape index (κ2) is 7.12. The van der Waals surface area contributed by atoms with Crippen molar-refractivity contribution < 1.29 is 9.47 Å². The number of benzene rings is 1. The molecule has 4 heteroatoms. The first-order valence-electron chi connectivity index (χ1n) is 6.47. The van der Waals surface area contributed by atoms with E-state index in [0.29, 0.717) is 6.61 Å². The van der Waals surface area contributed by atoms with E-state index in [9.17, 15) is 0 Å². The van der Waals surface area contributed by atoms with Gasteiger partial charge in [-0.2, -0.15) is 0 Å². The van der Waals surface area contributed by atoms with Crippen LogP contribution in [0.25, 0.3) is 0 Å². The molecule has 0 spiro atoms. The predicted molar refractivity (Wildman–Crippen MR) is 76.0 cm³/mol. The summed E-state index contributed by atoms with van der Waals surface area (Å²) in [5.74, 6) is 0.932. The molecule has 0 radical (unpaired) electrons. The summed E-state index contributed by atoms with van der Waals surface area (Å²) in [5.41, 5.74) is 1.17. The van der Waals surface area contributed by atoms with Crippen LogP contribution in [0.4, 0.5) is 0 Å². The number of rotatable bonds is 5. The molecule has 1 heterocycles. The first kappa shape index (κ1) is 13.8. The molecule has 0 aliphatic carbocycles. The van der Waals surface area contributed by atoms with E-state index in [1.807, 2.05) is 19.2 Å². The molecule has 1 atom stereocenters. The van der Waals surface area contributed by atoms with Crippen molar-refractivity contribution in [3.63, 3.8) is 0 Å². The summed E-state index contributed by atoms with van der Waals surface area (Å²) in [4.78, 5) is 0. The van der Waals surface area contributed by atoms with Gasteiger partial charge < -0.3 is 14.8 Å². The zero-order chi connectivity index (χ0) is 12.8. The molecule has 0 bridgehead atoms. The lowest BCUT2D eigenvalue weighted by Gasteiger charge is -2.23. The molecule has 0 aromatic heterocycles. The average molecular weight is 314 g/mol. The van der Waals surface area contributed by atoms with Gasteiger partial charge in [-0.05, 0) is 48.3 Å². The molecule has 1 N–H and O–H groups in total. The van der Waals surface area contributed by atoms with Crippen LogP contribution >= 0.6 is 15.9 Å². The fourth-order valence-corrected chi connectivity index (χ4v) is 2.68. The lowest BCUT2D eigenvalue weighted by Crippen LogP contribution is -2.26. The zero-order valence-electron chi connectivity index (χ0n) is 10.7. The Balaban J connectivity index is 1.98. The zero-order valence-corrected chi connectivity index (χ0v) is 12.3. The van der Waals surface area contributed by atoms with Crippen LogP contribution in [0.5, 0.6) is 5.75 Å². The Hall–Kier alpha value is -0.580. The molecule has 1 fully saturated rings. The van der Waals surface area contributed by atoms with Crippen LogP contribution in [0.3, 0.4) is 0 Å². The van der Waals surface area contributed by atoms with E-state index in [-0.39, 0.29) is 6.10 Å². The molecular weight excluding hydrogens is 294 g/mol. The van der Waals surface area contributed by atoms with Crippen LogP contribution in [0.1, 0.15) is 24.8 Å². The van der Waals surface area contributed by atoms with Gasteiger partial charge in [0.1, 0.15) is 12.4 Å². The molecule has 3 nitrogen and oxygen atoms in total. The summed E-state index contributed by atoms with van der Waals surface area (Å²) in [7, 11) is 1.94. The SMILES string of the molecule is CNCc1cccc(Br)c1OCC1CCCCO1. The second-order valence-corrected chi connectivity index (χ2v) is 5.41. The van der Waals surface area contributed by atoms with Crippen LogP contribution in [-0.4, -0.2) is 26.4 Å². The summed E-state index contributed by atoms with van der Waals surface area (Å²) in [6.07, 6.45) is 3.77. The largest absolute Gasteiger partial charge is 0.489 e. The molecule has 1 aliphatic heterocycles. The van der Waals surface area contributed by atoms with Gasteiger partial charge in [-0.25, -0.2) is 0 Å². The Morgan fingerprint density at radius 2 is 2.33 bits per heavy atom. The highest BCUT2D eigenvalue weighted by atomic mass is 79.9. The van der Waals surface area contributed by atoms with Crippen LogP contribution in [0.2, 0.25) is 0 Å². The highest BCUT2D eigenvalue weighted by Crippen LogP contribution is 2.29. The van der Waals surface area contributed by atoms with Crippen molar-refractivity contribution >= 4 is 15.9 Å². The molecule has 1 aromatic carbocycles. The maximum Gasteiger partial charge on any atom is 0.138 e. The number of nitrogens with one attached hydrogen (secondary N) is 1. The van der Waals surface area contributed by atoms with E-state index in [4.69, 9.17) is 9.47 Å². The molecule has 1 unspecified atom stereocenters. The van der Waals surface area contributed by atoms with E-state index < -0.39 is 0 Å². The quantitative estimate of drug-likeness (QED) is 0.906. The molecule has 2 rings (SSSR count). The van der Waals surface area contributed by atoms with Crippen molar-refractivity contribution in [3.05, 3.63) is 28.2 Å². The van der Waals surface area contributed by atoms with Gasteiger partial charge in [-0.15, -0.1) is 0 Å². The number of hydrogen-bond donors (Lipinski definition) is 1. The van der Waals surface area contributed by atoms with E-state index in [1.165, 1.54) is 18.4 Å². The van der Waals surface area contributed by atoms with Crippen LogP contribution in [-0.2, 0) is 11.3 Å². The molecule has 0 amide bonds.